The number of alkyl halides is 6. The van der Waals surface area contributed by atoms with E-state index in [1.807, 2.05) is 0 Å². The fourth-order valence-electron chi connectivity index (χ4n) is 6.39. The van der Waals surface area contributed by atoms with Gasteiger partial charge < -0.3 is 14.7 Å². The number of rotatable bonds is 7. The molecule has 4 fully saturated rings. The van der Waals surface area contributed by atoms with Crippen LogP contribution in [0.1, 0.15) is 68.1 Å². The molecule has 2 aliphatic heterocycles. The van der Waals surface area contributed by atoms with E-state index >= 15 is 0 Å². The highest BCUT2D eigenvalue weighted by Gasteiger charge is 2.46. The predicted octanol–water partition coefficient (Wildman–Crippen LogP) is 8.56. The van der Waals surface area contributed by atoms with Gasteiger partial charge in [-0.15, -0.1) is 0 Å². The Morgan fingerprint density at radius 1 is 0.864 bits per heavy atom. The Morgan fingerprint density at radius 2 is 1.50 bits per heavy atom. The zero-order chi connectivity index (χ0) is 31.6. The van der Waals surface area contributed by atoms with Gasteiger partial charge in [0.1, 0.15) is 5.75 Å². The predicted molar refractivity (Wildman–Crippen MR) is 152 cm³/mol. The van der Waals surface area contributed by atoms with E-state index in [-0.39, 0.29) is 11.0 Å². The molecule has 5 nitrogen and oxygen atoms in total. The Balaban J connectivity index is 1.37. The number of carboxylic acid groups (broad SMARTS) is 1. The summed E-state index contributed by atoms with van der Waals surface area (Å²) >= 11 is 0.539. The molecule has 6 rings (SSSR count). The van der Waals surface area contributed by atoms with Gasteiger partial charge in [-0.05, 0) is 99.1 Å². The van der Waals surface area contributed by atoms with Gasteiger partial charge in [0.05, 0.1) is 23.1 Å². The Kier molecular flexibility index (Phi) is 9.58. The molecule has 2 saturated heterocycles. The second-order valence-electron chi connectivity index (χ2n) is 11.8. The largest absolute Gasteiger partial charge is 0.490 e. The van der Waals surface area contributed by atoms with Crippen LogP contribution < -0.4 is 4.74 Å². The van der Waals surface area contributed by atoms with Crippen LogP contribution >= 0.6 is 11.8 Å². The molecule has 238 valence electrons. The molecule has 2 aliphatic carbocycles. The molecule has 2 bridgehead atoms. The molecule has 1 amide bonds. The number of fused-ring (bicyclic) bond motifs is 4. The number of amides is 1. The molecule has 0 radical (unpaired) electrons. The number of nitrogens with zero attached hydrogens (tertiary/aromatic N) is 1. The van der Waals surface area contributed by atoms with E-state index in [1.165, 1.54) is 18.2 Å². The third kappa shape index (κ3) is 7.73. The lowest BCUT2D eigenvalue weighted by Crippen LogP contribution is -2.39. The third-order valence-electron chi connectivity index (χ3n) is 8.79. The van der Waals surface area contributed by atoms with Crippen molar-refractivity contribution in [2.24, 2.45) is 17.8 Å². The maximum atomic E-state index is 14.3. The van der Waals surface area contributed by atoms with Crippen LogP contribution in [0.5, 0.6) is 5.75 Å². The molecule has 0 spiro atoms. The topological polar surface area (TPSA) is 66.8 Å². The van der Waals surface area contributed by atoms with Crippen LogP contribution in [0.2, 0.25) is 0 Å². The molecule has 2 saturated carbocycles. The average Bonchev–Trinajstić information content (AvgIpc) is 2.90. The smallest absolute Gasteiger partial charge is 0.418 e. The van der Waals surface area contributed by atoms with Crippen LogP contribution in [0.3, 0.4) is 0 Å². The van der Waals surface area contributed by atoms with E-state index in [2.05, 4.69) is 0 Å². The summed E-state index contributed by atoms with van der Waals surface area (Å²) in [6, 6.07) is 8.04. The van der Waals surface area contributed by atoms with Gasteiger partial charge in [0.25, 0.3) is 0 Å². The van der Waals surface area contributed by atoms with Crippen LogP contribution in [-0.2, 0) is 21.9 Å². The summed E-state index contributed by atoms with van der Waals surface area (Å²) in [5, 5.41) is 9.18. The summed E-state index contributed by atoms with van der Waals surface area (Å²) in [6.45, 7) is 0.949. The highest BCUT2D eigenvalue weighted by Crippen LogP contribution is 2.48. The Hall–Kier alpha value is -3.15. The number of ether oxygens (including phenoxy) is 1. The minimum atomic E-state index is -5.34. The van der Waals surface area contributed by atoms with Crippen molar-refractivity contribution in [3.05, 3.63) is 59.2 Å². The van der Waals surface area contributed by atoms with Crippen molar-refractivity contribution < 1.29 is 45.8 Å². The van der Waals surface area contributed by atoms with E-state index < -0.39 is 51.7 Å². The average molecular weight is 642 g/mol. The molecule has 0 atom stereocenters. The molecule has 2 heterocycles. The van der Waals surface area contributed by atoms with Gasteiger partial charge >= 0.3 is 18.3 Å². The number of carboxylic acids is 1. The number of benzene rings is 2. The molecule has 0 unspecified atom stereocenters. The summed E-state index contributed by atoms with van der Waals surface area (Å²) < 4.78 is 91.8. The first-order chi connectivity index (χ1) is 20.8. The van der Waals surface area contributed by atoms with E-state index in [0.29, 0.717) is 68.1 Å². The first-order valence-electron chi connectivity index (χ1n) is 14.7. The standard InChI is InChI=1S/C32H33F6NO4S/c33-31(34,35)28-21(7-11-27(40)39-14-12-19-16-20(17-19)13-15-39)6-10-26(29(28)32(36,37)38)44-25-3-1-2-24(18-25)43-23-8-4-22(5-9-23)30(41)42/h1-3,6-7,10-11,18-20,22-23H,4-5,8-9,12-17H2,(H,41,42)/b11-7+. The molecule has 2 aromatic rings. The number of carbonyl (C=O) groups excluding carboxylic acids is 1. The van der Waals surface area contributed by atoms with Gasteiger partial charge in [-0.25, -0.2) is 0 Å². The number of aliphatic carboxylic acids is 1. The van der Waals surface area contributed by atoms with Gasteiger partial charge in [0.15, 0.2) is 0 Å². The molecule has 12 heteroatoms. The van der Waals surface area contributed by atoms with Crippen LogP contribution in [0.15, 0.2) is 52.3 Å². The SMILES string of the molecule is O=C(O)C1CCC(Oc2cccc(Sc3ccc(/C=C/C(=O)N4CCC5CC(CC4)C5)c(C(F)(F)F)c3C(F)(F)F)c2)CC1. The number of carbonyl (C=O) groups is 2. The van der Waals surface area contributed by atoms with Crippen LogP contribution in [0, 0.1) is 17.8 Å². The van der Waals surface area contributed by atoms with Crippen molar-refractivity contribution in [3.8, 4) is 5.75 Å². The zero-order valence-corrected chi connectivity index (χ0v) is 24.6. The highest BCUT2D eigenvalue weighted by molar-refractivity contribution is 7.99. The molecule has 1 N–H and O–H groups in total. The van der Waals surface area contributed by atoms with Crippen molar-refractivity contribution in [3.63, 3.8) is 0 Å². The molecular formula is C32H33F6NO4S. The lowest BCUT2D eigenvalue weighted by molar-refractivity contribution is -0.163. The Labute approximate surface area is 255 Å². The third-order valence-corrected chi connectivity index (χ3v) is 9.84. The quantitative estimate of drug-likeness (QED) is 0.243. The van der Waals surface area contributed by atoms with E-state index in [9.17, 15) is 41.0 Å². The Bertz CT molecular complexity index is 1380. The summed E-state index contributed by atoms with van der Waals surface area (Å²) in [6.07, 6.45) is -3.41. The van der Waals surface area contributed by atoms with Crippen LogP contribution in [0.25, 0.3) is 6.08 Å². The second kappa shape index (κ2) is 13.1. The normalized spacial score (nSPS) is 24.4. The van der Waals surface area contributed by atoms with Crippen molar-refractivity contribution >= 4 is 29.7 Å². The van der Waals surface area contributed by atoms with Gasteiger partial charge in [0.2, 0.25) is 5.91 Å². The minimum absolute atomic E-state index is 0.244. The van der Waals surface area contributed by atoms with Crippen molar-refractivity contribution in [1.82, 2.24) is 4.90 Å². The lowest BCUT2D eigenvalue weighted by Gasteiger charge is -2.40. The van der Waals surface area contributed by atoms with Gasteiger partial charge in [-0.3, -0.25) is 9.59 Å². The molecule has 2 aromatic carbocycles. The number of hydrogen-bond donors (Lipinski definition) is 1. The molecular weight excluding hydrogens is 608 g/mol. The van der Waals surface area contributed by atoms with Crippen molar-refractivity contribution in [2.45, 2.75) is 79.6 Å². The fraction of sp³-hybridized carbons (Fsp3) is 0.500. The highest BCUT2D eigenvalue weighted by atomic mass is 32.2. The van der Waals surface area contributed by atoms with E-state index in [0.717, 1.165) is 50.0 Å². The minimum Gasteiger partial charge on any atom is -0.490 e. The molecule has 44 heavy (non-hydrogen) atoms. The summed E-state index contributed by atoms with van der Waals surface area (Å²) in [5.41, 5.74) is -4.38. The van der Waals surface area contributed by atoms with E-state index in [1.54, 1.807) is 11.0 Å². The van der Waals surface area contributed by atoms with E-state index in [4.69, 9.17) is 4.74 Å². The van der Waals surface area contributed by atoms with Crippen LogP contribution in [-0.4, -0.2) is 41.1 Å². The number of hydrogen-bond acceptors (Lipinski definition) is 4. The Morgan fingerprint density at radius 3 is 2.09 bits per heavy atom. The number of halogens is 6. The molecule has 0 aromatic heterocycles. The van der Waals surface area contributed by atoms with Crippen LogP contribution in [0.4, 0.5) is 26.3 Å². The lowest BCUT2D eigenvalue weighted by atomic mass is 9.70. The van der Waals surface area contributed by atoms with Crippen molar-refractivity contribution in [2.75, 3.05) is 13.1 Å². The second-order valence-corrected chi connectivity index (χ2v) is 13.0. The van der Waals surface area contributed by atoms with Gasteiger partial charge in [0, 0.05) is 29.0 Å². The summed E-state index contributed by atoms with van der Waals surface area (Å²) in [5.74, 6) is -0.403. The maximum Gasteiger partial charge on any atom is 0.418 e. The molecule has 4 aliphatic rings. The maximum absolute atomic E-state index is 14.3. The fourth-order valence-corrected chi connectivity index (χ4v) is 7.42. The first kappa shape index (κ1) is 32.2. The zero-order valence-electron chi connectivity index (χ0n) is 23.8. The van der Waals surface area contributed by atoms with Gasteiger partial charge in [-0.1, -0.05) is 23.9 Å². The first-order valence-corrected chi connectivity index (χ1v) is 15.6. The summed E-state index contributed by atoms with van der Waals surface area (Å²) in [4.78, 5) is 25.2. The monoisotopic (exact) mass is 641 g/mol. The van der Waals surface area contributed by atoms with Gasteiger partial charge in [-0.2, -0.15) is 26.3 Å². The summed E-state index contributed by atoms with van der Waals surface area (Å²) in [7, 11) is 0. The van der Waals surface area contributed by atoms with Crippen molar-refractivity contribution in [1.29, 1.82) is 0 Å².